The van der Waals surface area contributed by atoms with Gasteiger partial charge in [-0.25, -0.2) is 0 Å². The highest BCUT2D eigenvalue weighted by Crippen LogP contribution is 2.21. The van der Waals surface area contributed by atoms with E-state index >= 15 is 0 Å². The molecule has 2 N–H and O–H groups in total. The molecule has 1 fully saturated rings. The fourth-order valence-corrected chi connectivity index (χ4v) is 2.36. The molecule has 3 heteroatoms. The Labute approximate surface area is 108 Å². The van der Waals surface area contributed by atoms with Crippen molar-refractivity contribution >= 4 is 5.78 Å². The highest BCUT2D eigenvalue weighted by molar-refractivity contribution is 5.88. The molecule has 0 unspecified atom stereocenters. The molecular weight excluding hydrogens is 226 g/mol. The summed E-state index contributed by atoms with van der Waals surface area (Å²) in [7, 11) is 0. The van der Waals surface area contributed by atoms with Crippen LogP contribution in [0.3, 0.4) is 0 Å². The van der Waals surface area contributed by atoms with Crippen molar-refractivity contribution in [3.63, 3.8) is 0 Å². The molecule has 1 aliphatic rings. The Morgan fingerprint density at radius 3 is 2.56 bits per heavy atom. The second-order valence-corrected chi connectivity index (χ2v) is 5.03. The number of ether oxygens (including phenoxy) is 1. The van der Waals surface area contributed by atoms with E-state index in [0.717, 1.165) is 12.8 Å². The Morgan fingerprint density at radius 2 is 1.89 bits per heavy atom. The summed E-state index contributed by atoms with van der Waals surface area (Å²) in [4.78, 5) is 12.1. The Kier molecular flexibility index (Phi) is 4.50. The fourth-order valence-electron chi connectivity index (χ4n) is 2.36. The van der Waals surface area contributed by atoms with Crippen molar-refractivity contribution in [2.24, 2.45) is 5.73 Å². The number of hydrogen-bond acceptors (Lipinski definition) is 3. The standard InChI is InChI=1S/C15H21NO2/c16-15(9-11-18-12-10-15)14(17)8-4-7-13-5-2-1-3-6-13/h1-3,5-6H,4,7-12,16H2. The van der Waals surface area contributed by atoms with E-state index in [0.29, 0.717) is 32.5 Å². The first-order valence-electron chi connectivity index (χ1n) is 6.65. The monoisotopic (exact) mass is 247 g/mol. The normalized spacial score (nSPS) is 18.5. The molecule has 3 nitrogen and oxygen atoms in total. The van der Waals surface area contributed by atoms with Crippen LogP contribution in [0, 0.1) is 0 Å². The number of hydrogen-bond donors (Lipinski definition) is 1. The van der Waals surface area contributed by atoms with Crippen molar-refractivity contribution < 1.29 is 9.53 Å². The van der Waals surface area contributed by atoms with Crippen LogP contribution in [-0.4, -0.2) is 24.5 Å². The van der Waals surface area contributed by atoms with Gasteiger partial charge in [0.15, 0.2) is 5.78 Å². The molecule has 0 saturated carbocycles. The molecular formula is C15H21NO2. The van der Waals surface area contributed by atoms with Crippen LogP contribution in [0.4, 0.5) is 0 Å². The molecule has 0 aromatic heterocycles. The van der Waals surface area contributed by atoms with Gasteiger partial charge in [0, 0.05) is 19.6 Å². The number of benzene rings is 1. The third-order valence-electron chi connectivity index (χ3n) is 3.65. The lowest BCUT2D eigenvalue weighted by atomic mass is 9.84. The Balaban J connectivity index is 1.78. The van der Waals surface area contributed by atoms with E-state index in [9.17, 15) is 4.79 Å². The van der Waals surface area contributed by atoms with Crippen LogP contribution in [0.2, 0.25) is 0 Å². The van der Waals surface area contributed by atoms with Crippen molar-refractivity contribution in [1.82, 2.24) is 0 Å². The van der Waals surface area contributed by atoms with Gasteiger partial charge in [-0.1, -0.05) is 30.3 Å². The summed E-state index contributed by atoms with van der Waals surface area (Å²) in [6.07, 6.45) is 3.72. The first-order valence-corrected chi connectivity index (χ1v) is 6.65. The minimum Gasteiger partial charge on any atom is -0.381 e. The van der Waals surface area contributed by atoms with E-state index in [4.69, 9.17) is 10.5 Å². The van der Waals surface area contributed by atoms with Gasteiger partial charge in [0.1, 0.15) is 0 Å². The summed E-state index contributed by atoms with van der Waals surface area (Å²) in [5, 5.41) is 0. The fraction of sp³-hybridized carbons (Fsp3) is 0.533. The molecule has 18 heavy (non-hydrogen) atoms. The van der Waals surface area contributed by atoms with Gasteiger partial charge in [0.2, 0.25) is 0 Å². The van der Waals surface area contributed by atoms with Crippen LogP contribution in [0.25, 0.3) is 0 Å². The largest absolute Gasteiger partial charge is 0.381 e. The Bertz CT molecular complexity index is 383. The van der Waals surface area contributed by atoms with Gasteiger partial charge in [0.05, 0.1) is 5.54 Å². The minimum absolute atomic E-state index is 0.196. The van der Waals surface area contributed by atoms with Gasteiger partial charge in [-0.15, -0.1) is 0 Å². The van der Waals surface area contributed by atoms with Crippen molar-refractivity contribution in [3.05, 3.63) is 35.9 Å². The van der Waals surface area contributed by atoms with Crippen LogP contribution in [-0.2, 0) is 16.0 Å². The van der Waals surface area contributed by atoms with Crippen molar-refractivity contribution in [2.75, 3.05) is 13.2 Å². The van der Waals surface area contributed by atoms with Crippen molar-refractivity contribution in [3.8, 4) is 0 Å². The van der Waals surface area contributed by atoms with E-state index < -0.39 is 5.54 Å². The molecule has 0 amide bonds. The lowest BCUT2D eigenvalue weighted by Crippen LogP contribution is -2.51. The zero-order chi connectivity index (χ0) is 12.8. The molecule has 0 spiro atoms. The quantitative estimate of drug-likeness (QED) is 0.866. The maximum atomic E-state index is 12.1. The van der Waals surface area contributed by atoms with Gasteiger partial charge in [-0.2, -0.15) is 0 Å². The molecule has 0 radical (unpaired) electrons. The van der Waals surface area contributed by atoms with E-state index in [1.54, 1.807) is 0 Å². The average Bonchev–Trinajstić information content (AvgIpc) is 2.41. The molecule has 0 bridgehead atoms. The predicted octanol–water partition coefficient (Wildman–Crippen LogP) is 2.09. The lowest BCUT2D eigenvalue weighted by molar-refractivity contribution is -0.127. The van der Waals surface area contributed by atoms with Crippen molar-refractivity contribution in [2.45, 2.75) is 37.6 Å². The summed E-state index contributed by atoms with van der Waals surface area (Å²) >= 11 is 0. The van der Waals surface area contributed by atoms with Gasteiger partial charge in [-0.05, 0) is 31.2 Å². The first-order chi connectivity index (χ1) is 8.71. The number of aryl methyl sites for hydroxylation is 1. The van der Waals surface area contributed by atoms with Gasteiger partial charge in [-0.3, -0.25) is 4.79 Å². The number of Topliss-reactive ketones (excluding diaryl/α,β-unsaturated/α-hetero) is 1. The highest BCUT2D eigenvalue weighted by Gasteiger charge is 2.34. The Hall–Kier alpha value is -1.19. The highest BCUT2D eigenvalue weighted by atomic mass is 16.5. The molecule has 0 atom stereocenters. The van der Waals surface area contributed by atoms with Gasteiger partial charge in [0.25, 0.3) is 0 Å². The van der Waals surface area contributed by atoms with E-state index in [-0.39, 0.29) is 5.78 Å². The maximum absolute atomic E-state index is 12.1. The first kappa shape index (κ1) is 13.2. The minimum atomic E-state index is -0.630. The third-order valence-corrected chi connectivity index (χ3v) is 3.65. The third kappa shape index (κ3) is 3.40. The van der Waals surface area contributed by atoms with E-state index in [1.165, 1.54) is 5.56 Å². The maximum Gasteiger partial charge on any atom is 0.152 e. The summed E-state index contributed by atoms with van der Waals surface area (Å²) < 4.78 is 5.26. The zero-order valence-electron chi connectivity index (χ0n) is 10.7. The second-order valence-electron chi connectivity index (χ2n) is 5.03. The van der Waals surface area contributed by atoms with Crippen LogP contribution < -0.4 is 5.73 Å². The molecule has 98 valence electrons. The molecule has 0 aliphatic carbocycles. The predicted molar refractivity (Wildman–Crippen MR) is 71.4 cm³/mol. The van der Waals surface area contributed by atoms with Crippen molar-refractivity contribution in [1.29, 1.82) is 0 Å². The Morgan fingerprint density at radius 1 is 1.22 bits per heavy atom. The van der Waals surface area contributed by atoms with Gasteiger partial charge < -0.3 is 10.5 Å². The SMILES string of the molecule is NC1(C(=O)CCCc2ccccc2)CCOCC1. The topological polar surface area (TPSA) is 52.3 Å². The summed E-state index contributed by atoms with van der Waals surface area (Å²) in [6.45, 7) is 1.22. The number of carbonyl (C=O) groups excluding carboxylic acids is 1. The summed E-state index contributed by atoms with van der Waals surface area (Å²) in [6, 6.07) is 10.2. The zero-order valence-corrected chi connectivity index (χ0v) is 10.7. The molecule has 1 saturated heterocycles. The second kappa shape index (κ2) is 6.12. The molecule has 1 aromatic rings. The smallest absolute Gasteiger partial charge is 0.152 e. The average molecular weight is 247 g/mol. The van der Waals surface area contributed by atoms with Crippen LogP contribution in [0.1, 0.15) is 31.2 Å². The number of nitrogens with two attached hydrogens (primary N) is 1. The molecule has 1 aliphatic heterocycles. The van der Waals surface area contributed by atoms with Crippen LogP contribution >= 0.6 is 0 Å². The van der Waals surface area contributed by atoms with E-state index in [2.05, 4.69) is 12.1 Å². The van der Waals surface area contributed by atoms with E-state index in [1.807, 2.05) is 18.2 Å². The summed E-state index contributed by atoms with van der Waals surface area (Å²) in [5.74, 6) is 0.196. The molecule has 1 aromatic carbocycles. The van der Waals surface area contributed by atoms with Gasteiger partial charge >= 0.3 is 0 Å². The molecule has 1 heterocycles. The van der Waals surface area contributed by atoms with Crippen LogP contribution in [0.5, 0.6) is 0 Å². The number of rotatable bonds is 5. The summed E-state index contributed by atoms with van der Waals surface area (Å²) in [5.41, 5.74) is 6.80. The number of carbonyl (C=O) groups is 1. The van der Waals surface area contributed by atoms with Crippen LogP contribution in [0.15, 0.2) is 30.3 Å². The number of ketones is 1. The molecule has 2 rings (SSSR count). The lowest BCUT2D eigenvalue weighted by Gasteiger charge is -2.31.